The molecule has 2 N–H and O–H groups in total. The third kappa shape index (κ3) is 2.74. The summed E-state index contributed by atoms with van der Waals surface area (Å²) < 4.78 is 26.6. The van der Waals surface area contributed by atoms with Gasteiger partial charge in [-0.15, -0.1) is 0 Å². The van der Waals surface area contributed by atoms with Crippen LogP contribution in [0.15, 0.2) is 55.9 Å². The van der Waals surface area contributed by atoms with Crippen LogP contribution in [0.4, 0.5) is 0 Å². The molecule has 1 aromatic rings. The Morgan fingerprint density at radius 3 is 2.50 bits per heavy atom. The number of nitrogens with zero attached hydrogens (tertiary/aromatic N) is 3. The minimum Gasteiger partial charge on any atom is -0.384 e. The molecule has 4 rings (SSSR count). The molecule has 1 fully saturated rings. The van der Waals surface area contributed by atoms with Crippen LogP contribution in [0.5, 0.6) is 0 Å². The van der Waals surface area contributed by atoms with Crippen LogP contribution in [-0.4, -0.2) is 43.0 Å². The topological polar surface area (TPSA) is 88.1 Å². The Labute approximate surface area is 158 Å². The smallest absolute Gasteiger partial charge is 0.208 e. The van der Waals surface area contributed by atoms with Gasteiger partial charge in [0.25, 0.3) is 0 Å². The number of benzene rings is 1. The first-order valence-corrected chi connectivity index (χ1v) is 10.7. The first-order valence-electron chi connectivity index (χ1n) is 8.85. The molecule has 1 saturated carbocycles. The Morgan fingerprint density at radius 1 is 1.12 bits per heavy atom. The summed E-state index contributed by atoms with van der Waals surface area (Å²) in [6, 6.07) is 7.43. The summed E-state index contributed by atoms with van der Waals surface area (Å²) in [5.41, 5.74) is 6.44. The van der Waals surface area contributed by atoms with Gasteiger partial charge in [0.2, 0.25) is 9.84 Å². The molecule has 1 aromatic carbocycles. The second-order valence-electron chi connectivity index (χ2n) is 6.87. The fourth-order valence-corrected chi connectivity index (χ4v) is 6.09. The van der Waals surface area contributed by atoms with Crippen LogP contribution in [-0.2, 0) is 9.84 Å². The standard InChI is InChI=1S/C18H21ClN4O2S/c19-17-15-14(21-11-22-17)16(26(24,25)13-9-5-2-6-10-13)18(20)23(15)12-7-3-1-4-8-12/h2,5-6,9-12,14-15H,1,3-4,7-8,20H2. The van der Waals surface area contributed by atoms with E-state index in [2.05, 4.69) is 9.98 Å². The first kappa shape index (κ1) is 17.5. The van der Waals surface area contributed by atoms with E-state index >= 15 is 0 Å². The van der Waals surface area contributed by atoms with Crippen LogP contribution >= 0.6 is 11.6 Å². The molecule has 1 aliphatic carbocycles. The number of hydrogen-bond acceptors (Lipinski definition) is 6. The highest BCUT2D eigenvalue weighted by Crippen LogP contribution is 2.41. The quantitative estimate of drug-likeness (QED) is 0.856. The zero-order chi connectivity index (χ0) is 18.3. The minimum absolute atomic E-state index is 0.142. The SMILES string of the molecule is NC1=C(S(=O)(=O)c2ccccc2)C2N=CN=C(Cl)C2N1C1CCCCC1. The van der Waals surface area contributed by atoms with Crippen molar-refractivity contribution < 1.29 is 8.42 Å². The van der Waals surface area contributed by atoms with Crippen molar-refractivity contribution in [3.05, 3.63) is 41.1 Å². The van der Waals surface area contributed by atoms with E-state index in [0.717, 1.165) is 25.7 Å². The minimum atomic E-state index is -3.77. The molecular formula is C18H21ClN4O2S. The van der Waals surface area contributed by atoms with E-state index in [1.165, 1.54) is 12.8 Å². The Bertz CT molecular complexity index is 889. The first-order chi connectivity index (χ1) is 12.5. The number of aliphatic imine (C=N–C) groups is 2. The average Bonchev–Trinajstić information content (AvgIpc) is 2.97. The average molecular weight is 393 g/mol. The van der Waals surface area contributed by atoms with E-state index in [1.54, 1.807) is 30.3 Å². The summed E-state index contributed by atoms with van der Waals surface area (Å²) >= 11 is 6.40. The van der Waals surface area contributed by atoms with Gasteiger partial charge < -0.3 is 10.6 Å². The predicted molar refractivity (Wildman–Crippen MR) is 103 cm³/mol. The molecule has 0 amide bonds. The molecule has 0 saturated heterocycles. The van der Waals surface area contributed by atoms with Gasteiger partial charge in [0.05, 0.1) is 4.90 Å². The lowest BCUT2D eigenvalue weighted by Gasteiger charge is -2.38. The lowest BCUT2D eigenvalue weighted by molar-refractivity contribution is 0.186. The lowest BCUT2D eigenvalue weighted by atomic mass is 9.93. The lowest BCUT2D eigenvalue weighted by Crippen LogP contribution is -2.49. The van der Waals surface area contributed by atoms with Gasteiger partial charge in [-0.05, 0) is 25.0 Å². The van der Waals surface area contributed by atoms with E-state index < -0.39 is 21.9 Å². The molecule has 2 aliphatic heterocycles. The maximum absolute atomic E-state index is 13.3. The zero-order valence-corrected chi connectivity index (χ0v) is 15.8. The molecule has 6 nitrogen and oxygen atoms in total. The highest BCUT2D eigenvalue weighted by molar-refractivity contribution is 7.95. The van der Waals surface area contributed by atoms with Crippen molar-refractivity contribution in [3.8, 4) is 0 Å². The Hall–Kier alpha value is -1.86. The van der Waals surface area contributed by atoms with Crippen LogP contribution in [0.25, 0.3) is 0 Å². The second kappa shape index (κ2) is 6.70. The summed E-state index contributed by atoms with van der Waals surface area (Å²) in [5, 5.41) is 0.344. The van der Waals surface area contributed by atoms with Crippen molar-refractivity contribution in [1.29, 1.82) is 0 Å². The highest BCUT2D eigenvalue weighted by Gasteiger charge is 2.50. The third-order valence-electron chi connectivity index (χ3n) is 5.36. The largest absolute Gasteiger partial charge is 0.384 e. The number of fused-ring (bicyclic) bond motifs is 1. The van der Waals surface area contributed by atoms with Gasteiger partial charge in [0.1, 0.15) is 34.3 Å². The van der Waals surface area contributed by atoms with Gasteiger partial charge in [0.15, 0.2) is 0 Å². The van der Waals surface area contributed by atoms with E-state index in [0.29, 0.717) is 5.17 Å². The molecule has 2 heterocycles. The fraction of sp³-hybridized carbons (Fsp3) is 0.444. The summed E-state index contributed by atoms with van der Waals surface area (Å²) in [6.45, 7) is 0. The van der Waals surface area contributed by atoms with Crippen molar-refractivity contribution in [2.24, 2.45) is 15.7 Å². The molecule has 26 heavy (non-hydrogen) atoms. The molecule has 8 heteroatoms. The van der Waals surface area contributed by atoms with E-state index in [-0.39, 0.29) is 21.7 Å². The van der Waals surface area contributed by atoms with Crippen LogP contribution in [0.2, 0.25) is 0 Å². The predicted octanol–water partition coefficient (Wildman–Crippen LogP) is 2.65. The number of sulfone groups is 1. The van der Waals surface area contributed by atoms with Crippen LogP contribution in [0.3, 0.4) is 0 Å². The van der Waals surface area contributed by atoms with Crippen LogP contribution < -0.4 is 5.73 Å². The second-order valence-corrected chi connectivity index (χ2v) is 9.18. The van der Waals surface area contributed by atoms with Crippen molar-refractivity contribution in [3.63, 3.8) is 0 Å². The van der Waals surface area contributed by atoms with E-state index in [1.807, 2.05) is 4.90 Å². The van der Waals surface area contributed by atoms with Crippen LogP contribution in [0.1, 0.15) is 32.1 Å². The normalized spacial score (nSPS) is 26.8. The van der Waals surface area contributed by atoms with Crippen molar-refractivity contribution in [2.75, 3.05) is 0 Å². The van der Waals surface area contributed by atoms with Gasteiger partial charge in [-0.1, -0.05) is 49.1 Å². The van der Waals surface area contributed by atoms with E-state index in [4.69, 9.17) is 17.3 Å². The highest BCUT2D eigenvalue weighted by atomic mass is 35.5. The monoisotopic (exact) mass is 392 g/mol. The summed E-state index contributed by atoms with van der Waals surface area (Å²) in [7, 11) is -3.77. The van der Waals surface area contributed by atoms with Crippen molar-refractivity contribution >= 4 is 32.9 Å². The molecular weight excluding hydrogens is 372 g/mol. The van der Waals surface area contributed by atoms with Gasteiger partial charge in [-0.2, -0.15) is 0 Å². The molecule has 2 atom stereocenters. The van der Waals surface area contributed by atoms with Crippen LogP contribution in [0, 0.1) is 0 Å². The summed E-state index contributed by atoms with van der Waals surface area (Å²) in [6.07, 6.45) is 6.67. The molecule has 3 aliphatic rings. The number of rotatable bonds is 3. The molecule has 2 unspecified atom stereocenters. The zero-order valence-electron chi connectivity index (χ0n) is 14.3. The maximum atomic E-state index is 13.3. The van der Waals surface area contributed by atoms with Gasteiger partial charge in [-0.3, -0.25) is 4.99 Å². The summed E-state index contributed by atoms with van der Waals surface area (Å²) in [4.78, 5) is 10.8. The molecule has 0 spiro atoms. The Balaban J connectivity index is 1.83. The molecule has 0 aromatic heterocycles. The number of nitrogens with two attached hydrogens (primary N) is 1. The van der Waals surface area contributed by atoms with Gasteiger partial charge in [0, 0.05) is 6.04 Å². The Kier molecular flexibility index (Phi) is 4.52. The van der Waals surface area contributed by atoms with Crippen molar-refractivity contribution in [2.45, 2.75) is 55.1 Å². The van der Waals surface area contributed by atoms with Gasteiger partial charge >= 0.3 is 0 Å². The summed E-state index contributed by atoms with van der Waals surface area (Å²) in [5.74, 6) is 0.267. The number of halogens is 1. The maximum Gasteiger partial charge on any atom is 0.208 e. The van der Waals surface area contributed by atoms with E-state index in [9.17, 15) is 8.42 Å². The molecule has 0 radical (unpaired) electrons. The molecule has 138 valence electrons. The fourth-order valence-electron chi connectivity index (χ4n) is 4.16. The molecule has 0 bridgehead atoms. The third-order valence-corrected chi connectivity index (χ3v) is 7.61. The number of hydrogen-bond donors (Lipinski definition) is 1. The van der Waals surface area contributed by atoms with Gasteiger partial charge in [-0.25, -0.2) is 13.4 Å². The Morgan fingerprint density at radius 2 is 1.81 bits per heavy atom. The van der Waals surface area contributed by atoms with Crippen molar-refractivity contribution in [1.82, 2.24) is 4.90 Å².